The summed E-state index contributed by atoms with van der Waals surface area (Å²) in [6, 6.07) is 16.9. The van der Waals surface area contributed by atoms with E-state index in [-0.39, 0.29) is 5.91 Å². The van der Waals surface area contributed by atoms with E-state index in [1.54, 1.807) is 24.0 Å². The molecule has 0 aliphatic carbocycles. The Hall–Kier alpha value is -2.38. The molecule has 2 aromatic carbocycles. The fourth-order valence-corrected chi connectivity index (χ4v) is 5.08. The Morgan fingerprint density at radius 2 is 1.57 bits per heavy atom. The van der Waals surface area contributed by atoms with Gasteiger partial charge in [-0.2, -0.15) is 0 Å². The van der Waals surface area contributed by atoms with E-state index >= 15 is 0 Å². The number of nitrogens with zero attached hydrogens (tertiary/aromatic N) is 3. The van der Waals surface area contributed by atoms with Crippen molar-refractivity contribution in [3.05, 3.63) is 65.7 Å². The Balaban J connectivity index is 1.67. The van der Waals surface area contributed by atoms with Crippen molar-refractivity contribution in [2.24, 2.45) is 0 Å². The molecule has 1 saturated heterocycles. The van der Waals surface area contributed by atoms with E-state index in [0.717, 1.165) is 37.9 Å². The van der Waals surface area contributed by atoms with Crippen LogP contribution < -0.4 is 4.31 Å². The summed E-state index contributed by atoms with van der Waals surface area (Å²) in [5.41, 5.74) is 2.91. The third kappa shape index (κ3) is 5.40. The summed E-state index contributed by atoms with van der Waals surface area (Å²) < 4.78 is 26.3. The summed E-state index contributed by atoms with van der Waals surface area (Å²) in [5.74, 6) is -0.153. The highest BCUT2D eigenvalue weighted by atomic mass is 32.2. The molecule has 1 heterocycles. The molecule has 0 radical (unpaired) electrons. The Morgan fingerprint density at radius 1 is 0.967 bits per heavy atom. The molecule has 0 aromatic heterocycles. The number of piperazine rings is 1. The first-order valence-corrected chi connectivity index (χ1v) is 12.3. The maximum atomic E-state index is 13.1. The number of hydrogen-bond acceptors (Lipinski definition) is 4. The Morgan fingerprint density at radius 3 is 2.10 bits per heavy atom. The zero-order valence-electron chi connectivity index (χ0n) is 18.0. The number of rotatable bonds is 7. The second kappa shape index (κ2) is 9.62. The van der Waals surface area contributed by atoms with Gasteiger partial charge in [-0.3, -0.25) is 14.0 Å². The number of hydrogen-bond donors (Lipinski definition) is 0. The molecule has 1 fully saturated rings. The van der Waals surface area contributed by atoms with Crippen molar-refractivity contribution in [2.75, 3.05) is 36.7 Å². The molecular weight excluding hydrogens is 398 g/mol. The molecule has 162 valence electrons. The quantitative estimate of drug-likeness (QED) is 0.679. The summed E-state index contributed by atoms with van der Waals surface area (Å²) in [5, 5.41) is 0. The van der Waals surface area contributed by atoms with E-state index in [9.17, 15) is 13.2 Å². The molecule has 30 heavy (non-hydrogen) atoms. The smallest absolute Gasteiger partial charge is 0.246 e. The van der Waals surface area contributed by atoms with Crippen molar-refractivity contribution < 1.29 is 13.2 Å². The zero-order valence-corrected chi connectivity index (χ0v) is 18.8. The number of sulfonamides is 1. The molecule has 2 aromatic rings. The van der Waals surface area contributed by atoms with Gasteiger partial charge in [0.05, 0.1) is 11.9 Å². The van der Waals surface area contributed by atoms with Crippen molar-refractivity contribution in [3.8, 4) is 0 Å². The molecule has 1 aliphatic rings. The highest BCUT2D eigenvalue weighted by Gasteiger charge is 2.33. The number of amides is 1. The third-order valence-corrected chi connectivity index (χ3v) is 6.84. The van der Waals surface area contributed by atoms with Crippen LogP contribution in [-0.2, 0) is 27.8 Å². The molecular formula is C23H31N3O3S. The van der Waals surface area contributed by atoms with E-state index < -0.39 is 16.1 Å². The first-order valence-electron chi connectivity index (χ1n) is 10.4. The molecule has 0 saturated carbocycles. The lowest BCUT2D eigenvalue weighted by Crippen LogP contribution is -2.55. The molecule has 7 heteroatoms. The standard InChI is InChI=1S/C23H31N3O3S/c1-4-20-10-12-22(13-11-20)26(30(3,28)29)19(2)23(27)25-16-14-24(15-17-25)18-21-8-6-5-7-9-21/h5-13,19H,4,14-18H2,1-3H3. The molecule has 0 spiro atoms. The number of benzene rings is 2. The lowest BCUT2D eigenvalue weighted by molar-refractivity contribution is -0.133. The maximum absolute atomic E-state index is 13.1. The normalized spacial score (nSPS) is 16.3. The van der Waals surface area contributed by atoms with E-state index in [1.165, 1.54) is 9.87 Å². The lowest BCUT2D eigenvalue weighted by atomic mass is 10.1. The minimum Gasteiger partial charge on any atom is -0.338 e. The highest BCUT2D eigenvalue weighted by molar-refractivity contribution is 7.92. The van der Waals surface area contributed by atoms with Gasteiger partial charge in [0.2, 0.25) is 15.9 Å². The second-order valence-corrected chi connectivity index (χ2v) is 9.70. The van der Waals surface area contributed by atoms with Crippen LogP contribution in [0.2, 0.25) is 0 Å². The van der Waals surface area contributed by atoms with Crippen molar-refractivity contribution in [1.82, 2.24) is 9.80 Å². The van der Waals surface area contributed by atoms with Crippen LogP contribution in [0.25, 0.3) is 0 Å². The molecule has 1 atom stereocenters. The zero-order chi connectivity index (χ0) is 21.7. The summed E-state index contributed by atoms with van der Waals surface area (Å²) in [7, 11) is -3.60. The number of carbonyl (C=O) groups excluding carboxylic acids is 1. The second-order valence-electron chi connectivity index (χ2n) is 7.84. The first kappa shape index (κ1) is 22.3. The van der Waals surface area contributed by atoms with Crippen LogP contribution >= 0.6 is 0 Å². The van der Waals surface area contributed by atoms with Crippen LogP contribution in [0, 0.1) is 0 Å². The SMILES string of the molecule is CCc1ccc(N(C(C)C(=O)N2CCN(Cc3ccccc3)CC2)S(C)(=O)=O)cc1. The van der Waals surface area contributed by atoms with Crippen molar-refractivity contribution in [3.63, 3.8) is 0 Å². The Kier molecular flexibility index (Phi) is 7.15. The summed E-state index contributed by atoms with van der Waals surface area (Å²) in [4.78, 5) is 17.3. The molecule has 1 amide bonds. The average Bonchev–Trinajstić information content (AvgIpc) is 2.74. The van der Waals surface area contributed by atoms with Crippen LogP contribution in [0.1, 0.15) is 25.0 Å². The predicted octanol–water partition coefficient (Wildman–Crippen LogP) is 2.75. The fourth-order valence-electron chi connectivity index (χ4n) is 3.91. The number of carbonyl (C=O) groups is 1. The third-order valence-electron chi connectivity index (χ3n) is 5.60. The summed E-state index contributed by atoms with van der Waals surface area (Å²) >= 11 is 0. The fraction of sp³-hybridized carbons (Fsp3) is 0.435. The molecule has 1 unspecified atom stereocenters. The molecule has 6 nitrogen and oxygen atoms in total. The molecule has 0 N–H and O–H groups in total. The minimum absolute atomic E-state index is 0.153. The van der Waals surface area contributed by atoms with Gasteiger partial charge in [-0.25, -0.2) is 8.42 Å². The van der Waals surface area contributed by atoms with Gasteiger partial charge in [0.25, 0.3) is 0 Å². The number of anilines is 1. The number of aryl methyl sites for hydroxylation is 1. The van der Waals surface area contributed by atoms with Crippen LogP contribution in [0.3, 0.4) is 0 Å². The van der Waals surface area contributed by atoms with Crippen LogP contribution in [0.5, 0.6) is 0 Å². The predicted molar refractivity (Wildman–Crippen MR) is 121 cm³/mol. The van der Waals surface area contributed by atoms with Crippen LogP contribution in [0.15, 0.2) is 54.6 Å². The van der Waals surface area contributed by atoms with Crippen molar-refractivity contribution in [2.45, 2.75) is 32.9 Å². The van der Waals surface area contributed by atoms with Gasteiger partial charge in [0.15, 0.2) is 0 Å². The molecule has 1 aliphatic heterocycles. The van der Waals surface area contributed by atoms with E-state index in [4.69, 9.17) is 0 Å². The maximum Gasteiger partial charge on any atom is 0.246 e. The monoisotopic (exact) mass is 429 g/mol. The Bertz CT molecular complexity index is 937. The topological polar surface area (TPSA) is 60.9 Å². The largest absolute Gasteiger partial charge is 0.338 e. The minimum atomic E-state index is -3.60. The van der Waals surface area contributed by atoms with Crippen molar-refractivity contribution in [1.29, 1.82) is 0 Å². The van der Waals surface area contributed by atoms with Crippen LogP contribution in [-0.4, -0.2) is 62.6 Å². The van der Waals surface area contributed by atoms with Crippen LogP contribution in [0.4, 0.5) is 5.69 Å². The summed E-state index contributed by atoms with van der Waals surface area (Å²) in [6.07, 6.45) is 2.03. The van der Waals surface area contributed by atoms with Gasteiger partial charge in [-0.15, -0.1) is 0 Å². The van der Waals surface area contributed by atoms with Gasteiger partial charge in [-0.05, 0) is 36.6 Å². The molecule has 0 bridgehead atoms. The average molecular weight is 430 g/mol. The van der Waals surface area contributed by atoms with Gasteiger partial charge in [0, 0.05) is 32.7 Å². The summed E-state index contributed by atoms with van der Waals surface area (Å²) in [6.45, 7) is 7.33. The van der Waals surface area contributed by atoms with Gasteiger partial charge < -0.3 is 4.90 Å². The van der Waals surface area contributed by atoms with E-state index in [1.807, 2.05) is 37.3 Å². The Labute approximate surface area is 180 Å². The molecule has 3 rings (SSSR count). The first-order chi connectivity index (χ1) is 14.3. The van der Waals surface area contributed by atoms with Gasteiger partial charge in [0.1, 0.15) is 6.04 Å². The van der Waals surface area contributed by atoms with E-state index in [2.05, 4.69) is 17.0 Å². The highest BCUT2D eigenvalue weighted by Crippen LogP contribution is 2.23. The lowest BCUT2D eigenvalue weighted by Gasteiger charge is -2.38. The van der Waals surface area contributed by atoms with E-state index in [0.29, 0.717) is 18.8 Å². The van der Waals surface area contributed by atoms with Crippen molar-refractivity contribution >= 4 is 21.6 Å². The van der Waals surface area contributed by atoms with Gasteiger partial charge >= 0.3 is 0 Å². The van der Waals surface area contributed by atoms with Gasteiger partial charge in [-0.1, -0.05) is 49.4 Å².